The van der Waals surface area contributed by atoms with E-state index in [1.54, 1.807) is 59.5 Å². The van der Waals surface area contributed by atoms with Gasteiger partial charge >= 0.3 is 0 Å². The molecule has 8 heteroatoms. The summed E-state index contributed by atoms with van der Waals surface area (Å²) in [6.07, 6.45) is 5.39. The molecule has 1 saturated carbocycles. The van der Waals surface area contributed by atoms with Crippen molar-refractivity contribution in [3.63, 3.8) is 0 Å². The molecule has 4 aromatic carbocycles. The Morgan fingerprint density at radius 3 is 1.91 bits per heavy atom. The number of rotatable bonds is 12. The second kappa shape index (κ2) is 15.2. The maximum Gasteiger partial charge on any atom is 0.264 e. The fourth-order valence-corrected chi connectivity index (χ4v) is 7.36. The van der Waals surface area contributed by atoms with E-state index in [1.807, 2.05) is 68.4 Å². The molecule has 1 N–H and O–H groups in total. The van der Waals surface area contributed by atoms with E-state index in [0.29, 0.717) is 12.1 Å². The first kappa shape index (κ1) is 32.9. The summed E-state index contributed by atoms with van der Waals surface area (Å²) in [6, 6.07) is 32.0. The first-order chi connectivity index (χ1) is 22.2. The Bertz CT molecular complexity index is 1690. The van der Waals surface area contributed by atoms with Crippen molar-refractivity contribution in [3.05, 3.63) is 131 Å². The van der Waals surface area contributed by atoms with Crippen LogP contribution in [0.1, 0.15) is 54.4 Å². The average Bonchev–Trinajstić information content (AvgIpc) is 3.07. The summed E-state index contributed by atoms with van der Waals surface area (Å²) >= 11 is 0. The second-order valence-corrected chi connectivity index (χ2v) is 14.1. The Labute approximate surface area is 273 Å². The minimum Gasteiger partial charge on any atom is -0.352 e. The molecule has 7 nitrogen and oxygen atoms in total. The molecule has 1 aliphatic rings. The van der Waals surface area contributed by atoms with Crippen LogP contribution in [-0.2, 0) is 32.6 Å². The Kier molecular flexibility index (Phi) is 10.9. The van der Waals surface area contributed by atoms with Gasteiger partial charge in [0.05, 0.1) is 10.6 Å². The van der Waals surface area contributed by atoms with Gasteiger partial charge in [-0.15, -0.1) is 0 Å². The van der Waals surface area contributed by atoms with E-state index < -0.39 is 28.5 Å². The number of carbonyl (C=O) groups excluding carboxylic acids is 2. The number of amides is 2. The molecule has 0 spiro atoms. The minimum absolute atomic E-state index is 0.0542. The summed E-state index contributed by atoms with van der Waals surface area (Å²) < 4.78 is 29.4. The van der Waals surface area contributed by atoms with Gasteiger partial charge in [-0.25, -0.2) is 8.42 Å². The number of anilines is 1. The molecule has 1 aliphatic carbocycles. The molecule has 0 unspecified atom stereocenters. The minimum atomic E-state index is -4.12. The monoisotopic (exact) mass is 637 g/mol. The van der Waals surface area contributed by atoms with Crippen molar-refractivity contribution in [1.29, 1.82) is 0 Å². The first-order valence-corrected chi connectivity index (χ1v) is 17.5. The van der Waals surface area contributed by atoms with E-state index in [0.717, 1.165) is 58.7 Å². The highest BCUT2D eigenvalue weighted by molar-refractivity contribution is 7.92. The zero-order chi connectivity index (χ0) is 32.5. The van der Waals surface area contributed by atoms with Crippen LogP contribution in [0.15, 0.2) is 114 Å². The van der Waals surface area contributed by atoms with Gasteiger partial charge in [-0.1, -0.05) is 115 Å². The van der Waals surface area contributed by atoms with Crippen molar-refractivity contribution in [2.45, 2.75) is 75.9 Å². The van der Waals surface area contributed by atoms with Gasteiger partial charge in [0.15, 0.2) is 0 Å². The van der Waals surface area contributed by atoms with Crippen molar-refractivity contribution in [2.75, 3.05) is 10.8 Å². The van der Waals surface area contributed by atoms with E-state index in [4.69, 9.17) is 0 Å². The van der Waals surface area contributed by atoms with Gasteiger partial charge in [0.2, 0.25) is 11.8 Å². The normalized spacial score (nSPS) is 14.3. The van der Waals surface area contributed by atoms with Crippen LogP contribution >= 0.6 is 0 Å². The summed E-state index contributed by atoms with van der Waals surface area (Å²) in [7, 11) is -4.12. The number of sulfonamides is 1. The highest BCUT2D eigenvalue weighted by atomic mass is 32.2. The lowest BCUT2D eigenvalue weighted by molar-refractivity contribution is -0.140. The van der Waals surface area contributed by atoms with Gasteiger partial charge in [-0.3, -0.25) is 13.9 Å². The van der Waals surface area contributed by atoms with Gasteiger partial charge in [0.1, 0.15) is 12.6 Å². The lowest BCUT2D eigenvalue weighted by atomic mass is 9.94. The zero-order valence-electron chi connectivity index (χ0n) is 26.6. The summed E-state index contributed by atoms with van der Waals surface area (Å²) in [6.45, 7) is 3.58. The highest BCUT2D eigenvalue weighted by Gasteiger charge is 2.35. The molecule has 4 aromatic rings. The Morgan fingerprint density at radius 1 is 0.739 bits per heavy atom. The van der Waals surface area contributed by atoms with Crippen LogP contribution in [0.5, 0.6) is 0 Å². The predicted molar refractivity (Wildman–Crippen MR) is 183 cm³/mol. The zero-order valence-corrected chi connectivity index (χ0v) is 27.5. The molecule has 2 amide bonds. The smallest absolute Gasteiger partial charge is 0.264 e. The van der Waals surface area contributed by atoms with Gasteiger partial charge in [0, 0.05) is 19.0 Å². The molecule has 0 saturated heterocycles. The van der Waals surface area contributed by atoms with E-state index in [2.05, 4.69) is 5.32 Å². The number of nitrogens with one attached hydrogen (secondary N) is 1. The number of nitrogens with zero attached hydrogens (tertiary/aromatic N) is 2. The van der Waals surface area contributed by atoms with Crippen molar-refractivity contribution in [1.82, 2.24) is 10.2 Å². The third-order valence-electron chi connectivity index (χ3n) is 8.63. The van der Waals surface area contributed by atoms with E-state index in [-0.39, 0.29) is 23.4 Å². The molecule has 0 heterocycles. The fourth-order valence-electron chi connectivity index (χ4n) is 5.95. The largest absolute Gasteiger partial charge is 0.352 e. The molecule has 0 aliphatic heterocycles. The molecule has 240 valence electrons. The molecular weight excluding hydrogens is 595 g/mol. The quantitative estimate of drug-likeness (QED) is 0.190. The lowest BCUT2D eigenvalue weighted by Crippen LogP contribution is -2.55. The molecule has 0 radical (unpaired) electrons. The Balaban J connectivity index is 1.54. The molecular formula is C38H43N3O4S. The SMILES string of the molecule is Cc1ccc(CN(C(=O)CN(c2ccccc2)S(=O)(=O)c2ccc(C)cc2)[C@H](Cc2ccccc2)C(=O)NC2CCCCC2)cc1. The summed E-state index contributed by atoms with van der Waals surface area (Å²) in [4.78, 5) is 30.4. The number of aryl methyl sites for hydroxylation is 2. The lowest BCUT2D eigenvalue weighted by Gasteiger charge is -2.35. The van der Waals surface area contributed by atoms with Gasteiger partial charge in [-0.2, -0.15) is 0 Å². The van der Waals surface area contributed by atoms with Crippen LogP contribution < -0.4 is 9.62 Å². The van der Waals surface area contributed by atoms with E-state index in [9.17, 15) is 18.0 Å². The van der Waals surface area contributed by atoms with Crippen LogP contribution in [0.25, 0.3) is 0 Å². The number of hydrogen-bond donors (Lipinski definition) is 1. The molecule has 0 aromatic heterocycles. The van der Waals surface area contributed by atoms with Crippen LogP contribution in [0, 0.1) is 13.8 Å². The maximum atomic E-state index is 14.6. The summed E-state index contributed by atoms with van der Waals surface area (Å²) in [5, 5.41) is 3.25. The standard InChI is InChI=1S/C38H43N3O4S/c1-29-18-22-32(23-19-29)27-40(36(26-31-12-6-3-7-13-31)38(43)39-33-14-8-4-9-15-33)37(42)28-41(34-16-10-5-11-17-34)46(44,45)35-24-20-30(2)21-25-35/h3,5-7,10-13,16-25,33,36H,4,8-9,14-15,26-28H2,1-2H3,(H,39,43)/t36-/m1/s1. The van der Waals surface area contributed by atoms with E-state index >= 15 is 0 Å². The molecule has 46 heavy (non-hydrogen) atoms. The number of para-hydroxylation sites is 1. The van der Waals surface area contributed by atoms with Gasteiger partial charge in [-0.05, 0) is 62.1 Å². The fraction of sp³-hybridized carbons (Fsp3) is 0.316. The average molecular weight is 638 g/mol. The van der Waals surface area contributed by atoms with Crippen LogP contribution in [0.2, 0.25) is 0 Å². The van der Waals surface area contributed by atoms with Crippen LogP contribution in [0.3, 0.4) is 0 Å². The molecule has 0 bridgehead atoms. The third-order valence-corrected chi connectivity index (χ3v) is 10.4. The second-order valence-electron chi connectivity index (χ2n) is 12.2. The van der Waals surface area contributed by atoms with E-state index in [1.165, 1.54) is 0 Å². The van der Waals surface area contributed by atoms with Crippen molar-refractivity contribution < 1.29 is 18.0 Å². The molecule has 5 rings (SSSR count). The van der Waals surface area contributed by atoms with Crippen LogP contribution in [-0.4, -0.2) is 43.8 Å². The number of carbonyl (C=O) groups is 2. The summed E-state index contributed by atoms with van der Waals surface area (Å²) in [5.74, 6) is -0.677. The Morgan fingerprint density at radius 2 is 1.30 bits per heavy atom. The molecule has 1 fully saturated rings. The topological polar surface area (TPSA) is 86.8 Å². The Hall–Kier alpha value is -4.43. The predicted octanol–water partition coefficient (Wildman–Crippen LogP) is 6.59. The van der Waals surface area contributed by atoms with Crippen molar-refractivity contribution in [2.24, 2.45) is 0 Å². The summed E-state index contributed by atoms with van der Waals surface area (Å²) in [5.41, 5.74) is 4.16. The van der Waals surface area contributed by atoms with Gasteiger partial charge in [0.25, 0.3) is 10.0 Å². The maximum absolute atomic E-state index is 14.6. The molecule has 1 atom stereocenters. The van der Waals surface area contributed by atoms with Gasteiger partial charge < -0.3 is 10.2 Å². The number of hydrogen-bond acceptors (Lipinski definition) is 4. The van der Waals surface area contributed by atoms with Crippen molar-refractivity contribution >= 4 is 27.5 Å². The number of benzene rings is 4. The first-order valence-electron chi connectivity index (χ1n) is 16.0. The van der Waals surface area contributed by atoms with Crippen molar-refractivity contribution in [3.8, 4) is 0 Å². The third kappa shape index (κ3) is 8.43. The van der Waals surface area contributed by atoms with Crippen LogP contribution in [0.4, 0.5) is 5.69 Å². The highest BCUT2D eigenvalue weighted by Crippen LogP contribution is 2.26.